The summed E-state index contributed by atoms with van der Waals surface area (Å²) in [5.41, 5.74) is -0.225. The summed E-state index contributed by atoms with van der Waals surface area (Å²) >= 11 is 0. The van der Waals surface area contributed by atoms with Gasteiger partial charge in [0.2, 0.25) is 5.89 Å². The minimum Gasteiger partial charge on any atom is -0.497 e. The van der Waals surface area contributed by atoms with E-state index in [-0.39, 0.29) is 40.6 Å². The second kappa shape index (κ2) is 11.6. The molecule has 4 aromatic rings. The summed E-state index contributed by atoms with van der Waals surface area (Å²) < 4.78 is 46.4. The highest BCUT2D eigenvalue weighted by molar-refractivity contribution is 7.93. The first-order chi connectivity index (χ1) is 21.7. The number of hydrogen-bond donors (Lipinski definition) is 2. The lowest BCUT2D eigenvalue weighted by atomic mass is 9.79. The van der Waals surface area contributed by atoms with Gasteiger partial charge in [-0.15, -0.1) is 0 Å². The van der Waals surface area contributed by atoms with Gasteiger partial charge in [-0.1, -0.05) is 6.07 Å². The lowest BCUT2D eigenvalue weighted by molar-refractivity contribution is -0.127. The number of aliphatic hydroxyl groups is 1. The van der Waals surface area contributed by atoms with E-state index in [1.807, 2.05) is 6.07 Å². The average molecular weight is 630 g/mol. The maximum Gasteiger partial charge on any atom is 0.271 e. The molecule has 2 aliphatic heterocycles. The maximum absolute atomic E-state index is 15.4. The van der Waals surface area contributed by atoms with E-state index in [2.05, 4.69) is 16.4 Å². The number of sulfonamides is 1. The van der Waals surface area contributed by atoms with E-state index >= 15 is 4.79 Å². The number of methoxy groups -OCH3 is 2. The normalized spacial score (nSPS) is 21.5. The molecule has 0 saturated carbocycles. The van der Waals surface area contributed by atoms with Crippen molar-refractivity contribution in [3.05, 3.63) is 101 Å². The molecule has 1 fully saturated rings. The number of aliphatic hydroxyl groups excluding tert-OH is 1. The number of ether oxygens (including phenoxy) is 2. The smallest absolute Gasteiger partial charge is 0.271 e. The summed E-state index contributed by atoms with van der Waals surface area (Å²) in [5, 5.41) is 24.2. The van der Waals surface area contributed by atoms with Crippen LogP contribution in [0, 0.1) is 11.3 Å². The first kappa shape index (κ1) is 30.3. The summed E-state index contributed by atoms with van der Waals surface area (Å²) in [6.45, 7) is 0.400. The predicted molar refractivity (Wildman–Crippen MR) is 162 cm³/mol. The molecule has 13 heteroatoms. The van der Waals surface area contributed by atoms with Gasteiger partial charge in [-0.05, 0) is 73.6 Å². The van der Waals surface area contributed by atoms with Crippen LogP contribution in [0.3, 0.4) is 0 Å². The monoisotopic (exact) mass is 629 g/mol. The molecular formula is C32H31N5O7S. The number of likely N-dealkylation sites (tertiary alicyclic amines) is 1. The Morgan fingerprint density at radius 3 is 2.53 bits per heavy atom. The fraction of sp³-hybridized carbons (Fsp3) is 0.281. The number of fused-ring (bicyclic) bond motifs is 1. The maximum atomic E-state index is 15.4. The number of nitriles is 1. The quantitative estimate of drug-likeness (QED) is 0.280. The molecule has 0 spiro atoms. The topological polar surface area (TPSA) is 158 Å². The fourth-order valence-corrected chi connectivity index (χ4v) is 7.86. The molecule has 1 amide bonds. The Hall–Kier alpha value is -4.74. The van der Waals surface area contributed by atoms with Crippen molar-refractivity contribution in [1.29, 1.82) is 5.26 Å². The van der Waals surface area contributed by atoms with Crippen molar-refractivity contribution in [2.45, 2.75) is 35.5 Å². The zero-order valence-corrected chi connectivity index (χ0v) is 25.6. The van der Waals surface area contributed by atoms with Crippen LogP contribution in [0.1, 0.15) is 40.6 Å². The largest absolute Gasteiger partial charge is 0.497 e. The van der Waals surface area contributed by atoms with E-state index in [4.69, 9.17) is 13.9 Å². The number of benzene rings is 3. The van der Waals surface area contributed by atoms with Gasteiger partial charge in [0, 0.05) is 24.2 Å². The molecule has 3 atom stereocenters. The minimum absolute atomic E-state index is 0.0369. The second-order valence-corrected chi connectivity index (χ2v) is 12.6. The van der Waals surface area contributed by atoms with Crippen molar-refractivity contribution in [3.8, 4) is 17.6 Å². The van der Waals surface area contributed by atoms with Crippen LogP contribution >= 0.6 is 0 Å². The van der Waals surface area contributed by atoms with E-state index in [9.17, 15) is 18.8 Å². The Balaban J connectivity index is 1.70. The van der Waals surface area contributed by atoms with Gasteiger partial charge in [-0.2, -0.15) is 5.26 Å². The summed E-state index contributed by atoms with van der Waals surface area (Å²) in [5.74, 6) is 0.182. The average Bonchev–Trinajstić information content (AvgIpc) is 3.78. The minimum atomic E-state index is -4.52. The lowest BCUT2D eigenvalue weighted by Crippen LogP contribution is -2.55. The number of rotatable bonds is 9. The summed E-state index contributed by atoms with van der Waals surface area (Å²) in [6, 6.07) is 16.9. The van der Waals surface area contributed by atoms with Crippen LogP contribution in [0.25, 0.3) is 0 Å². The number of β-amino-alcohol motifs (C(OH)–C–C–N with tert-alkyl or cyclic N) is 1. The van der Waals surface area contributed by atoms with Crippen LogP contribution in [-0.4, -0.2) is 63.2 Å². The van der Waals surface area contributed by atoms with Gasteiger partial charge >= 0.3 is 0 Å². The van der Waals surface area contributed by atoms with Gasteiger partial charge in [-0.3, -0.25) is 9.69 Å². The zero-order chi connectivity index (χ0) is 31.9. The number of oxazole rings is 1. The second-order valence-electron chi connectivity index (χ2n) is 10.8. The molecule has 6 rings (SSSR count). The van der Waals surface area contributed by atoms with Gasteiger partial charge < -0.3 is 24.3 Å². The number of nitrogens with one attached hydrogen (secondary N) is 1. The van der Waals surface area contributed by atoms with E-state index < -0.39 is 33.6 Å². The molecule has 0 radical (unpaired) electrons. The Labute approximate surface area is 260 Å². The Kier molecular flexibility index (Phi) is 7.84. The standard InChI is InChI=1S/C32H31N5O7S/c1-34-18-21-5-11-29(43-3)26(15-21)32(36-19-22(38)16-28(36)30-35-12-13-44-30)25-14-20(17-33)4-10-27(25)37(31(32)39)45(40,41)24-8-6-23(42-2)7-9-24/h4-15,22,28,34,38H,16,18-19H2,1-3H3. The number of carbonyl (C=O) groups is 1. The van der Waals surface area contributed by atoms with Crippen LogP contribution in [0.2, 0.25) is 0 Å². The number of aromatic nitrogens is 1. The van der Waals surface area contributed by atoms with Crippen molar-refractivity contribution < 1.29 is 32.2 Å². The van der Waals surface area contributed by atoms with E-state index in [1.165, 1.54) is 69.1 Å². The number of anilines is 1. The van der Waals surface area contributed by atoms with Crippen LogP contribution in [0.5, 0.6) is 11.5 Å². The number of carbonyl (C=O) groups excluding carboxylic acids is 1. The molecular weight excluding hydrogens is 598 g/mol. The van der Waals surface area contributed by atoms with E-state index in [0.717, 1.165) is 9.87 Å². The van der Waals surface area contributed by atoms with Gasteiger partial charge in [0.25, 0.3) is 15.9 Å². The summed E-state index contributed by atoms with van der Waals surface area (Å²) in [7, 11) is 0.202. The van der Waals surface area contributed by atoms with Crippen LogP contribution < -0.4 is 19.1 Å². The van der Waals surface area contributed by atoms with Crippen LogP contribution in [0.4, 0.5) is 5.69 Å². The van der Waals surface area contributed by atoms with E-state index in [1.54, 1.807) is 24.1 Å². The van der Waals surface area contributed by atoms with Crippen molar-refractivity contribution >= 4 is 21.6 Å². The van der Waals surface area contributed by atoms with Gasteiger partial charge in [-0.25, -0.2) is 17.7 Å². The van der Waals surface area contributed by atoms with E-state index in [0.29, 0.717) is 23.6 Å². The number of hydrogen-bond acceptors (Lipinski definition) is 11. The molecule has 0 aliphatic carbocycles. The molecule has 2 N–H and O–H groups in total. The zero-order valence-electron chi connectivity index (χ0n) is 24.8. The van der Waals surface area contributed by atoms with Crippen LogP contribution in [-0.2, 0) is 26.9 Å². The Bertz CT molecular complexity index is 1890. The molecule has 3 heterocycles. The van der Waals surface area contributed by atoms with Gasteiger partial charge in [0.05, 0.1) is 54.8 Å². The lowest BCUT2D eigenvalue weighted by Gasteiger charge is -2.41. The molecule has 12 nitrogen and oxygen atoms in total. The SMILES string of the molecule is CNCc1ccc(OC)c(C2(N3CC(O)CC3c3ncco3)C(=O)N(S(=O)(=O)c3ccc(OC)cc3)c3ccc(C#N)cc32)c1. The number of amides is 1. The highest BCUT2D eigenvalue weighted by Crippen LogP contribution is 2.56. The van der Waals surface area contributed by atoms with Crippen molar-refractivity contribution in [2.24, 2.45) is 0 Å². The first-order valence-electron chi connectivity index (χ1n) is 14.1. The van der Waals surface area contributed by atoms with Gasteiger partial charge in [0.15, 0.2) is 5.54 Å². The molecule has 2 aliphatic rings. The summed E-state index contributed by atoms with van der Waals surface area (Å²) in [6.07, 6.45) is 2.12. The van der Waals surface area contributed by atoms with Crippen molar-refractivity contribution in [2.75, 3.05) is 32.1 Å². The summed E-state index contributed by atoms with van der Waals surface area (Å²) in [4.78, 5) is 21.3. The molecule has 3 aromatic carbocycles. The van der Waals surface area contributed by atoms with Crippen molar-refractivity contribution in [3.63, 3.8) is 0 Å². The predicted octanol–water partition coefficient (Wildman–Crippen LogP) is 3.07. The first-order valence-corrected chi connectivity index (χ1v) is 15.6. The third-order valence-electron chi connectivity index (χ3n) is 8.31. The Morgan fingerprint density at radius 2 is 1.89 bits per heavy atom. The molecule has 1 aromatic heterocycles. The fourth-order valence-electron chi connectivity index (χ4n) is 6.40. The third kappa shape index (κ3) is 4.74. The van der Waals surface area contributed by atoms with Crippen LogP contribution in [0.15, 0.2) is 82.4 Å². The number of nitrogens with zero attached hydrogens (tertiary/aromatic N) is 4. The van der Waals surface area contributed by atoms with Gasteiger partial charge in [0.1, 0.15) is 17.8 Å². The molecule has 232 valence electrons. The molecule has 3 unspecified atom stereocenters. The Morgan fingerprint density at radius 1 is 1.11 bits per heavy atom. The molecule has 1 saturated heterocycles. The van der Waals surface area contributed by atoms with Crippen molar-refractivity contribution in [1.82, 2.24) is 15.2 Å². The molecule has 45 heavy (non-hydrogen) atoms. The molecule has 0 bridgehead atoms. The highest BCUT2D eigenvalue weighted by Gasteiger charge is 2.63. The third-order valence-corrected chi connectivity index (χ3v) is 10.0. The highest BCUT2D eigenvalue weighted by atomic mass is 32.2.